The number of nitrogens with one attached hydrogen (secondary N) is 1. The van der Waals surface area contributed by atoms with Crippen LogP contribution >= 0.6 is 0 Å². The monoisotopic (exact) mass is 390 g/mol. The van der Waals surface area contributed by atoms with E-state index in [1.165, 1.54) is 37.6 Å². The van der Waals surface area contributed by atoms with Gasteiger partial charge in [-0.1, -0.05) is 6.07 Å². The van der Waals surface area contributed by atoms with E-state index in [1.54, 1.807) is 12.1 Å². The zero-order chi connectivity index (χ0) is 20.3. The predicted octanol–water partition coefficient (Wildman–Crippen LogP) is 5.17. The van der Waals surface area contributed by atoms with Gasteiger partial charge in [-0.15, -0.1) is 0 Å². The fourth-order valence-corrected chi connectivity index (χ4v) is 2.58. The van der Waals surface area contributed by atoms with Crippen LogP contribution in [-0.2, 0) is 6.18 Å². The zero-order valence-electron chi connectivity index (χ0n) is 14.5. The number of nitrogens with zero attached hydrogens (tertiary/aromatic N) is 1. The predicted molar refractivity (Wildman–Crippen MR) is 95.6 cm³/mol. The van der Waals surface area contributed by atoms with Crippen LogP contribution in [0.25, 0.3) is 11.3 Å². The van der Waals surface area contributed by atoms with Crippen molar-refractivity contribution in [1.29, 1.82) is 0 Å². The van der Waals surface area contributed by atoms with E-state index in [0.29, 0.717) is 5.75 Å². The zero-order valence-corrected chi connectivity index (χ0v) is 14.5. The van der Waals surface area contributed by atoms with Crippen molar-refractivity contribution in [3.8, 4) is 17.0 Å². The first-order valence-corrected chi connectivity index (χ1v) is 8.07. The fourth-order valence-electron chi connectivity index (χ4n) is 2.58. The van der Waals surface area contributed by atoms with E-state index in [-0.39, 0.29) is 22.5 Å². The number of carbonyl (C=O) groups is 1. The molecule has 8 heteroatoms. The van der Waals surface area contributed by atoms with Crippen molar-refractivity contribution in [3.05, 3.63) is 77.7 Å². The number of benzene rings is 2. The Morgan fingerprint density at radius 1 is 1.07 bits per heavy atom. The van der Waals surface area contributed by atoms with Crippen molar-refractivity contribution >= 4 is 11.6 Å². The standard InChI is InChI=1S/C20H14F4N2O2/c1-28-17-6-3-9-25-18(17)15-8-7-12(10-16(15)21)19(27)26-14-5-2-4-13(11-14)20(22,23)24/h2-11H,1H3,(H,26,27). The van der Waals surface area contributed by atoms with Crippen LogP contribution in [0.5, 0.6) is 5.75 Å². The maximum absolute atomic E-state index is 14.5. The fraction of sp³-hybridized carbons (Fsp3) is 0.100. The molecule has 1 aromatic heterocycles. The number of carbonyl (C=O) groups excluding carboxylic acids is 1. The molecule has 3 rings (SSSR count). The summed E-state index contributed by atoms with van der Waals surface area (Å²) >= 11 is 0. The molecule has 3 aromatic rings. The highest BCUT2D eigenvalue weighted by atomic mass is 19.4. The second-order valence-corrected chi connectivity index (χ2v) is 5.78. The number of hydrogen-bond donors (Lipinski definition) is 1. The number of hydrogen-bond acceptors (Lipinski definition) is 3. The molecule has 0 aliphatic heterocycles. The number of pyridine rings is 1. The molecule has 0 unspecified atom stereocenters. The van der Waals surface area contributed by atoms with Crippen LogP contribution in [0.1, 0.15) is 15.9 Å². The molecule has 0 saturated heterocycles. The average Bonchev–Trinajstić information content (AvgIpc) is 2.67. The minimum absolute atomic E-state index is 0.0456. The molecule has 0 radical (unpaired) electrons. The molecule has 2 aromatic carbocycles. The van der Waals surface area contributed by atoms with Crippen molar-refractivity contribution in [1.82, 2.24) is 4.98 Å². The van der Waals surface area contributed by atoms with Gasteiger partial charge in [0, 0.05) is 23.0 Å². The first kappa shape index (κ1) is 19.3. The van der Waals surface area contributed by atoms with Crippen LogP contribution in [0, 0.1) is 5.82 Å². The summed E-state index contributed by atoms with van der Waals surface area (Å²) in [5.41, 5.74) is -0.584. The number of halogens is 4. The molecule has 144 valence electrons. The smallest absolute Gasteiger partial charge is 0.416 e. The molecule has 0 atom stereocenters. The Morgan fingerprint density at radius 2 is 1.86 bits per heavy atom. The van der Waals surface area contributed by atoms with Gasteiger partial charge in [-0.3, -0.25) is 9.78 Å². The Labute approximate surface area is 157 Å². The Hall–Kier alpha value is -3.42. The highest BCUT2D eigenvalue weighted by Gasteiger charge is 2.30. The van der Waals surface area contributed by atoms with Gasteiger partial charge < -0.3 is 10.1 Å². The highest BCUT2D eigenvalue weighted by Crippen LogP contribution is 2.31. The van der Waals surface area contributed by atoms with E-state index in [2.05, 4.69) is 10.3 Å². The molecule has 28 heavy (non-hydrogen) atoms. The quantitative estimate of drug-likeness (QED) is 0.626. The third-order valence-electron chi connectivity index (χ3n) is 3.92. The molecule has 0 aliphatic carbocycles. The molecule has 1 N–H and O–H groups in total. The summed E-state index contributed by atoms with van der Waals surface area (Å²) in [6.45, 7) is 0. The van der Waals surface area contributed by atoms with E-state index < -0.39 is 23.5 Å². The average molecular weight is 390 g/mol. The Bertz CT molecular complexity index is 1020. The summed E-state index contributed by atoms with van der Waals surface area (Å²) in [6, 6.07) is 11.2. The molecular formula is C20H14F4N2O2. The van der Waals surface area contributed by atoms with Crippen LogP contribution in [0.3, 0.4) is 0 Å². The van der Waals surface area contributed by atoms with E-state index in [1.807, 2.05) is 0 Å². The minimum Gasteiger partial charge on any atom is -0.494 e. The van der Waals surface area contributed by atoms with E-state index in [4.69, 9.17) is 4.74 Å². The van der Waals surface area contributed by atoms with Gasteiger partial charge in [0.05, 0.1) is 12.7 Å². The number of aromatic nitrogens is 1. The second-order valence-electron chi connectivity index (χ2n) is 5.78. The lowest BCUT2D eigenvalue weighted by Gasteiger charge is -2.11. The summed E-state index contributed by atoms with van der Waals surface area (Å²) in [5.74, 6) is -1.09. The van der Waals surface area contributed by atoms with Crippen molar-refractivity contribution in [2.24, 2.45) is 0 Å². The van der Waals surface area contributed by atoms with Gasteiger partial charge in [-0.25, -0.2) is 4.39 Å². The van der Waals surface area contributed by atoms with Gasteiger partial charge in [0.1, 0.15) is 17.3 Å². The number of rotatable bonds is 4. The summed E-state index contributed by atoms with van der Waals surface area (Å²) < 4.78 is 58.0. The minimum atomic E-state index is -4.53. The van der Waals surface area contributed by atoms with Gasteiger partial charge in [0.2, 0.25) is 0 Å². The van der Waals surface area contributed by atoms with Crippen molar-refractivity contribution in [2.75, 3.05) is 12.4 Å². The van der Waals surface area contributed by atoms with Crippen LogP contribution in [0.15, 0.2) is 60.8 Å². The third-order valence-corrected chi connectivity index (χ3v) is 3.92. The number of amides is 1. The van der Waals surface area contributed by atoms with E-state index in [9.17, 15) is 22.4 Å². The maximum atomic E-state index is 14.5. The molecule has 1 heterocycles. The molecule has 0 saturated carbocycles. The van der Waals surface area contributed by atoms with Crippen LogP contribution < -0.4 is 10.1 Å². The van der Waals surface area contributed by atoms with Crippen LogP contribution in [0.2, 0.25) is 0 Å². The molecule has 0 spiro atoms. The SMILES string of the molecule is COc1cccnc1-c1ccc(C(=O)Nc2cccc(C(F)(F)F)c2)cc1F. The summed E-state index contributed by atoms with van der Waals surface area (Å²) in [4.78, 5) is 16.4. The van der Waals surface area contributed by atoms with Gasteiger partial charge in [0.25, 0.3) is 5.91 Å². The maximum Gasteiger partial charge on any atom is 0.416 e. The Kier molecular flexibility index (Phi) is 5.30. The largest absolute Gasteiger partial charge is 0.494 e. The normalized spacial score (nSPS) is 11.2. The van der Waals surface area contributed by atoms with Crippen molar-refractivity contribution in [3.63, 3.8) is 0 Å². The van der Waals surface area contributed by atoms with Crippen LogP contribution in [0.4, 0.5) is 23.2 Å². The first-order chi connectivity index (χ1) is 13.3. The molecule has 0 bridgehead atoms. The van der Waals surface area contributed by atoms with Crippen LogP contribution in [-0.4, -0.2) is 18.0 Å². The van der Waals surface area contributed by atoms with E-state index in [0.717, 1.165) is 18.2 Å². The topological polar surface area (TPSA) is 51.2 Å². The lowest BCUT2D eigenvalue weighted by atomic mass is 10.1. The molecule has 0 aliphatic rings. The molecule has 4 nitrogen and oxygen atoms in total. The number of anilines is 1. The molecule has 1 amide bonds. The first-order valence-electron chi connectivity index (χ1n) is 8.07. The van der Waals surface area contributed by atoms with Crippen molar-refractivity contribution < 1.29 is 27.1 Å². The van der Waals surface area contributed by atoms with E-state index >= 15 is 0 Å². The van der Waals surface area contributed by atoms with Gasteiger partial charge in [0.15, 0.2) is 0 Å². The van der Waals surface area contributed by atoms with Gasteiger partial charge in [-0.05, 0) is 48.5 Å². The molecular weight excluding hydrogens is 376 g/mol. The Balaban J connectivity index is 1.85. The molecule has 0 fully saturated rings. The van der Waals surface area contributed by atoms with Crippen molar-refractivity contribution in [2.45, 2.75) is 6.18 Å². The highest BCUT2D eigenvalue weighted by molar-refractivity contribution is 6.04. The number of ether oxygens (including phenoxy) is 1. The second kappa shape index (κ2) is 7.67. The Morgan fingerprint density at radius 3 is 2.54 bits per heavy atom. The summed E-state index contributed by atoms with van der Waals surface area (Å²) in [7, 11) is 1.43. The van der Waals surface area contributed by atoms with Gasteiger partial charge in [-0.2, -0.15) is 13.2 Å². The third kappa shape index (κ3) is 4.11. The summed E-state index contributed by atoms with van der Waals surface area (Å²) in [5, 5.41) is 2.33. The number of methoxy groups -OCH3 is 1. The number of alkyl halides is 3. The lowest BCUT2D eigenvalue weighted by molar-refractivity contribution is -0.137. The van der Waals surface area contributed by atoms with Gasteiger partial charge >= 0.3 is 6.18 Å². The lowest BCUT2D eigenvalue weighted by Crippen LogP contribution is -2.13. The summed E-state index contributed by atoms with van der Waals surface area (Å²) in [6.07, 6.45) is -3.05.